The zero-order chi connectivity index (χ0) is 10.3. The number of aromatic nitrogens is 2. The third-order valence-corrected chi connectivity index (χ3v) is 2.60. The Morgan fingerprint density at radius 1 is 1.47 bits per heavy atom. The number of hydrogen-bond donors (Lipinski definition) is 1. The predicted molar refractivity (Wildman–Crippen MR) is 52.1 cm³/mol. The molecule has 3 rings (SSSR count). The van der Waals surface area contributed by atoms with E-state index in [4.69, 9.17) is 9.47 Å². The summed E-state index contributed by atoms with van der Waals surface area (Å²) in [6, 6.07) is 1.39. The summed E-state index contributed by atoms with van der Waals surface area (Å²) in [4.78, 5) is 18.3. The number of hydrogen-bond acceptors (Lipinski definition) is 4. The highest BCUT2D eigenvalue weighted by molar-refractivity contribution is 5.14. The topological polar surface area (TPSA) is 64.2 Å². The molecule has 0 atom stereocenters. The molecule has 0 spiro atoms. The van der Waals surface area contributed by atoms with Crippen molar-refractivity contribution in [1.29, 1.82) is 0 Å². The van der Waals surface area contributed by atoms with Gasteiger partial charge < -0.3 is 14.5 Å². The predicted octanol–water partition coefficient (Wildman–Crippen LogP) is 0.425. The minimum absolute atomic E-state index is 0.0614. The number of rotatable bonds is 3. The second-order valence-corrected chi connectivity index (χ2v) is 4.02. The van der Waals surface area contributed by atoms with Crippen LogP contribution in [-0.2, 0) is 4.74 Å². The van der Waals surface area contributed by atoms with E-state index in [-0.39, 0.29) is 11.7 Å². The Morgan fingerprint density at radius 2 is 2.27 bits per heavy atom. The molecule has 2 fully saturated rings. The van der Waals surface area contributed by atoms with Crippen LogP contribution in [0.4, 0.5) is 0 Å². The SMILES string of the molecule is O=c1cc(OC2COC2)nc(C2CC2)[nH]1. The van der Waals surface area contributed by atoms with Gasteiger partial charge in [0.05, 0.1) is 19.3 Å². The fraction of sp³-hybridized carbons (Fsp3) is 0.600. The molecule has 5 nitrogen and oxygen atoms in total. The van der Waals surface area contributed by atoms with Crippen molar-refractivity contribution in [2.75, 3.05) is 13.2 Å². The van der Waals surface area contributed by atoms with Crippen LogP contribution in [-0.4, -0.2) is 29.3 Å². The molecule has 1 aliphatic carbocycles. The summed E-state index contributed by atoms with van der Waals surface area (Å²) < 4.78 is 10.5. The summed E-state index contributed by atoms with van der Waals surface area (Å²) in [7, 11) is 0. The van der Waals surface area contributed by atoms with E-state index in [1.165, 1.54) is 6.07 Å². The van der Waals surface area contributed by atoms with Gasteiger partial charge in [-0.2, -0.15) is 4.98 Å². The Bertz CT molecular complexity index is 421. The van der Waals surface area contributed by atoms with Gasteiger partial charge in [0, 0.05) is 5.92 Å². The molecular formula is C10H12N2O3. The molecule has 15 heavy (non-hydrogen) atoms. The minimum atomic E-state index is -0.137. The second-order valence-electron chi connectivity index (χ2n) is 4.02. The van der Waals surface area contributed by atoms with Crippen LogP contribution in [0.2, 0.25) is 0 Å². The molecule has 0 unspecified atom stereocenters. The average Bonchev–Trinajstić information content (AvgIpc) is 2.93. The van der Waals surface area contributed by atoms with Crippen LogP contribution in [0.3, 0.4) is 0 Å². The summed E-state index contributed by atoms with van der Waals surface area (Å²) in [5.41, 5.74) is -0.137. The van der Waals surface area contributed by atoms with Crippen molar-refractivity contribution in [2.24, 2.45) is 0 Å². The first-order chi connectivity index (χ1) is 7.31. The molecule has 0 bridgehead atoms. The molecule has 5 heteroatoms. The Balaban J connectivity index is 1.82. The first-order valence-corrected chi connectivity index (χ1v) is 5.17. The molecule has 1 saturated carbocycles. The van der Waals surface area contributed by atoms with Crippen molar-refractivity contribution >= 4 is 0 Å². The number of nitrogens with one attached hydrogen (secondary N) is 1. The van der Waals surface area contributed by atoms with E-state index >= 15 is 0 Å². The van der Waals surface area contributed by atoms with Gasteiger partial charge in [-0.05, 0) is 12.8 Å². The summed E-state index contributed by atoms with van der Waals surface area (Å²) >= 11 is 0. The lowest BCUT2D eigenvalue weighted by atomic mass is 10.3. The lowest BCUT2D eigenvalue weighted by Gasteiger charge is -2.26. The first kappa shape index (κ1) is 8.91. The van der Waals surface area contributed by atoms with Crippen LogP contribution in [0.15, 0.2) is 10.9 Å². The maximum Gasteiger partial charge on any atom is 0.254 e. The maximum absolute atomic E-state index is 11.3. The van der Waals surface area contributed by atoms with Crippen LogP contribution in [0.25, 0.3) is 0 Å². The Hall–Kier alpha value is -1.36. The van der Waals surface area contributed by atoms with Gasteiger partial charge >= 0.3 is 0 Å². The van der Waals surface area contributed by atoms with Crippen molar-refractivity contribution in [3.63, 3.8) is 0 Å². The standard InChI is InChI=1S/C10H12N2O3/c13-8-3-9(15-7-4-14-5-7)12-10(11-8)6-1-2-6/h3,6-7H,1-2,4-5H2,(H,11,12,13). The van der Waals surface area contributed by atoms with Crippen LogP contribution in [0.1, 0.15) is 24.6 Å². The van der Waals surface area contributed by atoms with E-state index in [9.17, 15) is 4.79 Å². The van der Waals surface area contributed by atoms with Gasteiger partial charge in [-0.25, -0.2) is 0 Å². The highest BCUT2D eigenvalue weighted by Crippen LogP contribution is 2.37. The van der Waals surface area contributed by atoms with Crippen molar-refractivity contribution in [3.05, 3.63) is 22.2 Å². The fourth-order valence-electron chi connectivity index (χ4n) is 1.52. The Morgan fingerprint density at radius 3 is 2.87 bits per heavy atom. The zero-order valence-corrected chi connectivity index (χ0v) is 8.23. The molecule has 0 radical (unpaired) electrons. The van der Waals surface area contributed by atoms with E-state index in [1.807, 2.05) is 0 Å². The molecule has 1 aromatic rings. The Kier molecular flexibility index (Phi) is 1.98. The maximum atomic E-state index is 11.3. The van der Waals surface area contributed by atoms with Gasteiger partial charge in [-0.1, -0.05) is 0 Å². The van der Waals surface area contributed by atoms with Gasteiger partial charge in [-0.3, -0.25) is 4.79 Å². The Labute approximate surface area is 86.4 Å². The van der Waals surface area contributed by atoms with Crippen molar-refractivity contribution in [1.82, 2.24) is 9.97 Å². The summed E-state index contributed by atoms with van der Waals surface area (Å²) in [6.45, 7) is 1.18. The second kappa shape index (κ2) is 3.34. The van der Waals surface area contributed by atoms with Crippen LogP contribution in [0, 0.1) is 0 Å². The quantitative estimate of drug-likeness (QED) is 0.782. The average molecular weight is 208 g/mol. The molecular weight excluding hydrogens is 196 g/mol. The highest BCUT2D eigenvalue weighted by Gasteiger charge is 2.27. The molecule has 2 heterocycles. The summed E-state index contributed by atoms with van der Waals surface area (Å²) in [5.74, 6) is 1.62. The van der Waals surface area contributed by atoms with E-state index in [1.54, 1.807) is 0 Å². The normalized spacial score (nSPS) is 21.1. The molecule has 1 aromatic heterocycles. The number of aromatic amines is 1. The molecule has 0 amide bonds. The number of H-pyrrole nitrogens is 1. The first-order valence-electron chi connectivity index (χ1n) is 5.17. The third kappa shape index (κ3) is 1.87. The molecule has 1 N–H and O–H groups in total. The minimum Gasteiger partial charge on any atom is -0.469 e. The van der Waals surface area contributed by atoms with E-state index in [2.05, 4.69) is 9.97 Å². The largest absolute Gasteiger partial charge is 0.469 e. The lowest BCUT2D eigenvalue weighted by Crippen LogP contribution is -2.39. The summed E-state index contributed by atoms with van der Waals surface area (Å²) in [6.07, 6.45) is 2.28. The van der Waals surface area contributed by atoms with Gasteiger partial charge in [0.25, 0.3) is 5.56 Å². The highest BCUT2D eigenvalue weighted by atomic mass is 16.6. The van der Waals surface area contributed by atoms with Crippen LogP contribution >= 0.6 is 0 Å². The molecule has 80 valence electrons. The monoisotopic (exact) mass is 208 g/mol. The van der Waals surface area contributed by atoms with Crippen molar-refractivity contribution < 1.29 is 9.47 Å². The number of ether oxygens (including phenoxy) is 2. The van der Waals surface area contributed by atoms with Gasteiger partial charge in [-0.15, -0.1) is 0 Å². The van der Waals surface area contributed by atoms with Crippen molar-refractivity contribution in [2.45, 2.75) is 24.9 Å². The van der Waals surface area contributed by atoms with E-state index < -0.39 is 0 Å². The van der Waals surface area contributed by atoms with E-state index in [0.717, 1.165) is 18.7 Å². The smallest absolute Gasteiger partial charge is 0.254 e. The third-order valence-electron chi connectivity index (χ3n) is 2.60. The van der Waals surface area contributed by atoms with Crippen molar-refractivity contribution in [3.8, 4) is 5.88 Å². The number of nitrogens with zero attached hydrogens (tertiary/aromatic N) is 1. The zero-order valence-electron chi connectivity index (χ0n) is 8.23. The molecule has 2 aliphatic rings. The van der Waals surface area contributed by atoms with Gasteiger partial charge in [0.1, 0.15) is 11.9 Å². The van der Waals surface area contributed by atoms with Gasteiger partial charge in [0.2, 0.25) is 5.88 Å². The van der Waals surface area contributed by atoms with Gasteiger partial charge in [0.15, 0.2) is 0 Å². The lowest BCUT2D eigenvalue weighted by molar-refractivity contribution is -0.0814. The summed E-state index contributed by atoms with van der Waals surface area (Å²) in [5, 5.41) is 0. The van der Waals surface area contributed by atoms with E-state index in [0.29, 0.717) is 25.0 Å². The van der Waals surface area contributed by atoms with Crippen LogP contribution in [0.5, 0.6) is 5.88 Å². The molecule has 1 aliphatic heterocycles. The molecule has 0 aromatic carbocycles. The molecule has 1 saturated heterocycles. The van der Waals surface area contributed by atoms with Crippen LogP contribution < -0.4 is 10.3 Å². The fourth-order valence-corrected chi connectivity index (χ4v) is 1.52.